The molecule has 0 aliphatic heterocycles. The molecule has 0 aliphatic rings. The fourth-order valence-corrected chi connectivity index (χ4v) is 2.90. The topological polar surface area (TPSA) is 0 Å². The Kier molecular flexibility index (Phi) is 3.99. The van der Waals surface area contributed by atoms with E-state index >= 15 is 0 Å². The van der Waals surface area contributed by atoms with Crippen molar-refractivity contribution in [3.63, 3.8) is 0 Å². The van der Waals surface area contributed by atoms with E-state index in [1.807, 2.05) is 0 Å². The van der Waals surface area contributed by atoms with Crippen LogP contribution in [0.4, 0.5) is 0 Å². The highest BCUT2D eigenvalue weighted by Crippen LogP contribution is 2.34. The van der Waals surface area contributed by atoms with Gasteiger partial charge in [0.2, 0.25) is 0 Å². The van der Waals surface area contributed by atoms with Gasteiger partial charge in [-0.3, -0.25) is 0 Å². The summed E-state index contributed by atoms with van der Waals surface area (Å²) in [6.07, 6.45) is 0. The van der Waals surface area contributed by atoms with Crippen molar-refractivity contribution in [3.8, 4) is 0 Å². The molecule has 2 rings (SSSR count). The van der Waals surface area contributed by atoms with Gasteiger partial charge in [0.15, 0.2) is 0 Å². The monoisotopic (exact) mass is 254 g/mol. The molecule has 0 nitrogen and oxygen atoms in total. The molecule has 2 aromatic rings. The van der Waals surface area contributed by atoms with Gasteiger partial charge in [0, 0.05) is 0 Å². The van der Waals surface area contributed by atoms with Crippen LogP contribution in [-0.2, 0) is 0 Å². The maximum atomic E-state index is 2.36. The minimum absolute atomic E-state index is 0.575. The molecule has 0 heteroatoms. The van der Waals surface area contributed by atoms with Crippen molar-refractivity contribution in [2.45, 2.75) is 59.3 Å². The molecule has 0 aromatic heterocycles. The van der Waals surface area contributed by atoms with Gasteiger partial charge in [-0.25, -0.2) is 0 Å². The van der Waals surface area contributed by atoms with Gasteiger partial charge >= 0.3 is 0 Å². The molecule has 0 saturated carbocycles. The van der Waals surface area contributed by atoms with E-state index in [2.05, 4.69) is 71.9 Å². The predicted molar refractivity (Wildman–Crippen MR) is 86.2 cm³/mol. The predicted octanol–water partition coefficient (Wildman–Crippen LogP) is 6.21. The molecule has 0 spiro atoms. The fraction of sp³-hybridized carbons (Fsp3) is 0.474. The number of fused-ring (bicyclic) bond motifs is 1. The Balaban J connectivity index is 2.72. The van der Waals surface area contributed by atoms with Crippen LogP contribution in [0.15, 0.2) is 30.3 Å². The van der Waals surface area contributed by atoms with Gasteiger partial charge in [-0.1, -0.05) is 71.9 Å². The van der Waals surface area contributed by atoms with E-state index in [0.717, 1.165) is 0 Å². The van der Waals surface area contributed by atoms with Crippen molar-refractivity contribution in [2.24, 2.45) is 0 Å². The Bertz CT molecular complexity index is 574. The molecule has 0 heterocycles. The van der Waals surface area contributed by atoms with Crippen molar-refractivity contribution in [1.29, 1.82) is 0 Å². The first-order valence-electron chi connectivity index (χ1n) is 7.48. The third-order valence-electron chi connectivity index (χ3n) is 3.99. The maximum absolute atomic E-state index is 2.36. The molecule has 102 valence electrons. The van der Waals surface area contributed by atoms with Crippen LogP contribution >= 0.6 is 0 Å². The molecule has 0 N–H and O–H groups in total. The van der Waals surface area contributed by atoms with E-state index in [-0.39, 0.29) is 0 Å². The van der Waals surface area contributed by atoms with Crippen LogP contribution in [0.1, 0.15) is 76.0 Å². The minimum atomic E-state index is 0.575. The zero-order valence-corrected chi connectivity index (χ0v) is 13.1. The fourth-order valence-electron chi connectivity index (χ4n) is 2.90. The van der Waals surface area contributed by atoms with Crippen LogP contribution in [-0.4, -0.2) is 0 Å². The van der Waals surface area contributed by atoms with E-state index < -0.39 is 0 Å². The first-order valence-corrected chi connectivity index (χ1v) is 7.48. The molecular weight excluding hydrogens is 228 g/mol. The summed E-state index contributed by atoms with van der Waals surface area (Å²) in [5.74, 6) is 1.76. The van der Waals surface area contributed by atoms with E-state index in [1.54, 1.807) is 0 Å². The average Bonchev–Trinajstić information content (AvgIpc) is 2.35. The van der Waals surface area contributed by atoms with Crippen LogP contribution in [0.2, 0.25) is 0 Å². The Morgan fingerprint density at radius 3 is 1.89 bits per heavy atom. The summed E-state index contributed by atoms with van der Waals surface area (Å²) in [4.78, 5) is 0. The Labute approximate surface area is 117 Å². The van der Waals surface area contributed by atoms with E-state index in [4.69, 9.17) is 0 Å². The molecule has 0 saturated heterocycles. The second-order valence-electron chi connectivity index (χ2n) is 6.51. The molecule has 0 radical (unpaired) electrons. The van der Waals surface area contributed by atoms with Gasteiger partial charge < -0.3 is 0 Å². The van der Waals surface area contributed by atoms with Crippen molar-refractivity contribution in [1.82, 2.24) is 0 Å². The van der Waals surface area contributed by atoms with E-state index in [9.17, 15) is 0 Å². The lowest BCUT2D eigenvalue weighted by molar-refractivity contribution is 0.797. The summed E-state index contributed by atoms with van der Waals surface area (Å²) < 4.78 is 0. The smallest absolute Gasteiger partial charge is 0.0146 e. The lowest BCUT2D eigenvalue weighted by atomic mass is 9.85. The summed E-state index contributed by atoms with van der Waals surface area (Å²) in [5.41, 5.74) is 4.46. The lowest BCUT2D eigenvalue weighted by Crippen LogP contribution is -2.00. The summed E-state index contributed by atoms with van der Waals surface area (Å²) in [7, 11) is 0. The number of hydrogen-bond acceptors (Lipinski definition) is 0. The number of rotatable bonds is 3. The summed E-state index contributed by atoms with van der Waals surface area (Å²) in [6, 6.07) is 11.6. The minimum Gasteiger partial charge on any atom is -0.0587 e. The highest BCUT2D eigenvalue weighted by atomic mass is 14.2. The normalized spacial score (nSPS) is 12.1. The highest BCUT2D eigenvalue weighted by Gasteiger charge is 2.14. The van der Waals surface area contributed by atoms with Crippen LogP contribution in [0.25, 0.3) is 10.8 Å². The van der Waals surface area contributed by atoms with Crippen LogP contribution in [0.5, 0.6) is 0 Å². The largest absolute Gasteiger partial charge is 0.0587 e. The Morgan fingerprint density at radius 1 is 0.684 bits per heavy atom. The second-order valence-corrected chi connectivity index (χ2v) is 6.51. The Morgan fingerprint density at radius 2 is 1.37 bits per heavy atom. The summed E-state index contributed by atoms with van der Waals surface area (Å²) in [5, 5.41) is 2.82. The number of hydrogen-bond donors (Lipinski definition) is 0. The molecule has 0 fully saturated rings. The molecule has 0 atom stereocenters. The van der Waals surface area contributed by atoms with Crippen molar-refractivity contribution >= 4 is 10.8 Å². The van der Waals surface area contributed by atoms with Crippen LogP contribution in [0, 0.1) is 0 Å². The van der Waals surface area contributed by atoms with Gasteiger partial charge in [0.25, 0.3) is 0 Å². The van der Waals surface area contributed by atoms with Crippen LogP contribution < -0.4 is 0 Å². The molecule has 2 aromatic carbocycles. The highest BCUT2D eigenvalue weighted by molar-refractivity contribution is 5.88. The molecule has 0 unspecified atom stereocenters. The standard InChI is InChI=1S/C19H26/c1-12(2)15-7-10-18-16(11-15)8-9-17(13(3)4)19(18)14(5)6/h7-14H,1-6H3. The zero-order valence-electron chi connectivity index (χ0n) is 13.1. The van der Waals surface area contributed by atoms with Crippen molar-refractivity contribution in [3.05, 3.63) is 47.0 Å². The summed E-state index contributed by atoms with van der Waals surface area (Å²) in [6.45, 7) is 13.7. The third-order valence-corrected chi connectivity index (χ3v) is 3.99. The quantitative estimate of drug-likeness (QED) is 0.611. The van der Waals surface area contributed by atoms with Gasteiger partial charge in [-0.15, -0.1) is 0 Å². The number of benzene rings is 2. The second kappa shape index (κ2) is 5.36. The maximum Gasteiger partial charge on any atom is -0.0146 e. The summed E-state index contributed by atoms with van der Waals surface area (Å²) >= 11 is 0. The lowest BCUT2D eigenvalue weighted by Gasteiger charge is -2.19. The molecular formula is C19H26. The van der Waals surface area contributed by atoms with Crippen molar-refractivity contribution < 1.29 is 0 Å². The first kappa shape index (κ1) is 14.1. The SMILES string of the molecule is CC(C)c1ccc2c(C(C)C)c(C(C)C)ccc2c1. The van der Waals surface area contributed by atoms with Gasteiger partial charge in [-0.2, -0.15) is 0 Å². The van der Waals surface area contributed by atoms with E-state index in [1.165, 1.54) is 27.5 Å². The molecule has 19 heavy (non-hydrogen) atoms. The van der Waals surface area contributed by atoms with Crippen LogP contribution in [0.3, 0.4) is 0 Å². The third kappa shape index (κ3) is 2.68. The van der Waals surface area contributed by atoms with Gasteiger partial charge in [-0.05, 0) is 45.2 Å². The molecule has 0 aliphatic carbocycles. The van der Waals surface area contributed by atoms with Crippen molar-refractivity contribution in [2.75, 3.05) is 0 Å². The zero-order chi connectivity index (χ0) is 14.2. The first-order chi connectivity index (χ1) is 8.91. The van der Waals surface area contributed by atoms with Gasteiger partial charge in [0.1, 0.15) is 0 Å². The molecule has 0 bridgehead atoms. The van der Waals surface area contributed by atoms with E-state index in [0.29, 0.717) is 17.8 Å². The average molecular weight is 254 g/mol. The Hall–Kier alpha value is -1.30. The van der Waals surface area contributed by atoms with Gasteiger partial charge in [0.05, 0.1) is 0 Å². The molecule has 0 amide bonds.